The maximum atomic E-state index is 12.5. The molecule has 0 aliphatic carbocycles. The molecule has 0 fully saturated rings. The number of carbonyl (C=O) groups is 1. The van der Waals surface area contributed by atoms with Gasteiger partial charge in [-0.15, -0.1) is 0 Å². The number of ether oxygens (including phenoxy) is 1. The fourth-order valence-electron chi connectivity index (χ4n) is 2.57. The number of nitrogens with zero attached hydrogens (tertiary/aromatic N) is 2. The minimum atomic E-state index is -0.247. The summed E-state index contributed by atoms with van der Waals surface area (Å²) in [5.74, 6) is 0.912. The van der Waals surface area contributed by atoms with E-state index in [-0.39, 0.29) is 11.9 Å². The van der Waals surface area contributed by atoms with Crippen LogP contribution < -0.4 is 15.4 Å². The summed E-state index contributed by atoms with van der Waals surface area (Å²) >= 11 is 0. The number of rotatable bonds is 7. The molecule has 0 spiro atoms. The summed E-state index contributed by atoms with van der Waals surface area (Å²) in [4.78, 5) is 21.0. The van der Waals surface area contributed by atoms with Crippen LogP contribution in [0, 0.1) is 0 Å². The quantitative estimate of drug-likeness (QED) is 0.661. The molecule has 1 aromatic heterocycles. The highest BCUT2D eigenvalue weighted by atomic mass is 16.5. The summed E-state index contributed by atoms with van der Waals surface area (Å²) in [5, 5.41) is 6.05. The maximum Gasteiger partial charge on any atom is 0.270 e. The van der Waals surface area contributed by atoms with Crippen molar-refractivity contribution >= 4 is 17.5 Å². The number of nitrogens with one attached hydrogen (secondary N) is 2. The fraction of sp³-hybridized carbons (Fsp3) is 0.190. The zero-order valence-electron chi connectivity index (χ0n) is 15.3. The molecule has 6 nitrogen and oxygen atoms in total. The van der Waals surface area contributed by atoms with Gasteiger partial charge in [0.05, 0.1) is 12.6 Å². The van der Waals surface area contributed by atoms with E-state index in [0.29, 0.717) is 18.2 Å². The average molecular weight is 362 g/mol. The molecular weight excluding hydrogens is 340 g/mol. The number of anilines is 2. The minimum absolute atomic E-state index is 0.115. The van der Waals surface area contributed by atoms with Crippen molar-refractivity contribution in [3.63, 3.8) is 0 Å². The predicted octanol–water partition coefficient (Wildman–Crippen LogP) is 4.11. The Bertz CT molecular complexity index is 882. The van der Waals surface area contributed by atoms with E-state index in [1.807, 2.05) is 68.4 Å². The van der Waals surface area contributed by atoms with Crippen LogP contribution in [0.3, 0.4) is 0 Å². The van der Waals surface area contributed by atoms with Gasteiger partial charge < -0.3 is 15.4 Å². The van der Waals surface area contributed by atoms with E-state index in [0.717, 1.165) is 17.0 Å². The number of benzene rings is 2. The molecule has 0 aliphatic heterocycles. The summed E-state index contributed by atoms with van der Waals surface area (Å²) in [7, 11) is 0. The Hall–Kier alpha value is -3.41. The summed E-state index contributed by atoms with van der Waals surface area (Å²) < 4.78 is 5.42. The van der Waals surface area contributed by atoms with Crippen LogP contribution in [-0.2, 0) is 0 Å². The highest BCUT2D eigenvalue weighted by molar-refractivity contribution is 5.92. The van der Waals surface area contributed by atoms with Gasteiger partial charge in [-0.25, -0.2) is 9.97 Å². The number of hydrogen-bond donors (Lipinski definition) is 2. The Morgan fingerprint density at radius 2 is 1.81 bits per heavy atom. The average Bonchev–Trinajstić information content (AvgIpc) is 2.70. The van der Waals surface area contributed by atoms with Crippen molar-refractivity contribution in [1.82, 2.24) is 15.3 Å². The van der Waals surface area contributed by atoms with Crippen LogP contribution in [0.15, 0.2) is 66.9 Å². The first-order valence-electron chi connectivity index (χ1n) is 8.84. The van der Waals surface area contributed by atoms with E-state index in [4.69, 9.17) is 4.74 Å². The van der Waals surface area contributed by atoms with Gasteiger partial charge in [0.2, 0.25) is 5.95 Å². The highest BCUT2D eigenvalue weighted by Crippen LogP contribution is 2.18. The molecule has 138 valence electrons. The van der Waals surface area contributed by atoms with Crippen molar-refractivity contribution in [1.29, 1.82) is 0 Å². The molecule has 1 unspecified atom stereocenters. The largest absolute Gasteiger partial charge is 0.494 e. The van der Waals surface area contributed by atoms with Gasteiger partial charge in [0.1, 0.15) is 11.4 Å². The summed E-state index contributed by atoms with van der Waals surface area (Å²) in [6, 6.07) is 18.7. The van der Waals surface area contributed by atoms with Gasteiger partial charge in [-0.3, -0.25) is 4.79 Å². The van der Waals surface area contributed by atoms with Crippen molar-refractivity contribution in [2.45, 2.75) is 19.9 Å². The number of hydrogen-bond acceptors (Lipinski definition) is 5. The fourth-order valence-corrected chi connectivity index (χ4v) is 2.57. The lowest BCUT2D eigenvalue weighted by Crippen LogP contribution is -2.27. The number of aromatic nitrogens is 2. The first-order valence-corrected chi connectivity index (χ1v) is 8.84. The van der Waals surface area contributed by atoms with E-state index in [9.17, 15) is 4.79 Å². The lowest BCUT2D eigenvalue weighted by molar-refractivity contribution is 0.0935. The molecule has 2 aromatic carbocycles. The van der Waals surface area contributed by atoms with Crippen molar-refractivity contribution in [2.75, 3.05) is 11.9 Å². The third kappa shape index (κ3) is 5.04. The highest BCUT2D eigenvalue weighted by Gasteiger charge is 2.13. The van der Waals surface area contributed by atoms with Gasteiger partial charge in [0.25, 0.3) is 5.91 Å². The molecule has 1 atom stereocenters. The van der Waals surface area contributed by atoms with E-state index in [1.165, 1.54) is 0 Å². The molecule has 2 N–H and O–H groups in total. The molecule has 27 heavy (non-hydrogen) atoms. The molecule has 0 bridgehead atoms. The second-order valence-corrected chi connectivity index (χ2v) is 5.95. The Kier molecular flexibility index (Phi) is 5.99. The molecule has 0 saturated carbocycles. The van der Waals surface area contributed by atoms with Gasteiger partial charge in [0, 0.05) is 11.9 Å². The third-order valence-corrected chi connectivity index (χ3v) is 3.96. The zero-order valence-corrected chi connectivity index (χ0v) is 15.3. The van der Waals surface area contributed by atoms with Gasteiger partial charge >= 0.3 is 0 Å². The van der Waals surface area contributed by atoms with Crippen LogP contribution in [0.4, 0.5) is 11.6 Å². The van der Waals surface area contributed by atoms with Crippen LogP contribution in [0.5, 0.6) is 5.75 Å². The number of amides is 1. The van der Waals surface area contributed by atoms with E-state index in [2.05, 4.69) is 20.6 Å². The Morgan fingerprint density at radius 3 is 2.52 bits per heavy atom. The lowest BCUT2D eigenvalue weighted by Gasteiger charge is -2.14. The Morgan fingerprint density at radius 1 is 1.07 bits per heavy atom. The minimum Gasteiger partial charge on any atom is -0.494 e. The summed E-state index contributed by atoms with van der Waals surface area (Å²) in [6.07, 6.45) is 1.56. The van der Waals surface area contributed by atoms with E-state index >= 15 is 0 Å². The second-order valence-electron chi connectivity index (χ2n) is 5.95. The van der Waals surface area contributed by atoms with Crippen molar-refractivity contribution in [3.05, 3.63) is 78.1 Å². The standard InChI is InChI=1S/C21H22N4O2/c1-3-27-18-11-9-17(10-12-18)24-21-22-14-13-19(25-21)20(26)23-15(2)16-7-5-4-6-8-16/h4-15H,3H2,1-2H3,(H,23,26)(H,22,24,25). The second kappa shape index (κ2) is 8.80. The predicted molar refractivity (Wildman–Crippen MR) is 105 cm³/mol. The van der Waals surface area contributed by atoms with Crippen LogP contribution >= 0.6 is 0 Å². The molecule has 0 saturated heterocycles. The molecule has 3 aromatic rings. The zero-order chi connectivity index (χ0) is 19.1. The molecule has 0 aliphatic rings. The maximum absolute atomic E-state index is 12.5. The third-order valence-electron chi connectivity index (χ3n) is 3.96. The summed E-state index contributed by atoms with van der Waals surface area (Å²) in [5.41, 5.74) is 2.16. The van der Waals surface area contributed by atoms with Gasteiger partial charge in [-0.2, -0.15) is 0 Å². The first-order chi connectivity index (χ1) is 13.2. The Balaban J connectivity index is 1.66. The molecule has 0 radical (unpaired) electrons. The Labute approximate surface area is 158 Å². The van der Waals surface area contributed by atoms with Crippen LogP contribution in [-0.4, -0.2) is 22.5 Å². The normalized spacial score (nSPS) is 11.5. The summed E-state index contributed by atoms with van der Waals surface area (Å²) in [6.45, 7) is 4.50. The lowest BCUT2D eigenvalue weighted by atomic mass is 10.1. The first kappa shape index (κ1) is 18.4. The SMILES string of the molecule is CCOc1ccc(Nc2nccc(C(=O)NC(C)c3ccccc3)n2)cc1. The monoisotopic (exact) mass is 362 g/mol. The van der Waals surface area contributed by atoms with Gasteiger partial charge in [0.15, 0.2) is 0 Å². The topological polar surface area (TPSA) is 76.1 Å². The van der Waals surface area contributed by atoms with Crippen molar-refractivity contribution in [2.24, 2.45) is 0 Å². The van der Waals surface area contributed by atoms with Gasteiger partial charge in [-0.1, -0.05) is 30.3 Å². The van der Waals surface area contributed by atoms with Crippen molar-refractivity contribution in [3.8, 4) is 5.75 Å². The molecular formula is C21H22N4O2. The molecule has 1 amide bonds. The molecule has 1 heterocycles. The van der Waals surface area contributed by atoms with Crippen LogP contribution in [0.2, 0.25) is 0 Å². The van der Waals surface area contributed by atoms with E-state index in [1.54, 1.807) is 12.3 Å². The number of carbonyl (C=O) groups excluding carboxylic acids is 1. The van der Waals surface area contributed by atoms with Crippen LogP contribution in [0.1, 0.15) is 35.9 Å². The van der Waals surface area contributed by atoms with Crippen molar-refractivity contribution < 1.29 is 9.53 Å². The van der Waals surface area contributed by atoms with Crippen LogP contribution in [0.25, 0.3) is 0 Å². The van der Waals surface area contributed by atoms with Gasteiger partial charge in [-0.05, 0) is 49.7 Å². The molecule has 6 heteroatoms. The smallest absolute Gasteiger partial charge is 0.270 e. The molecule has 3 rings (SSSR count). The van der Waals surface area contributed by atoms with E-state index < -0.39 is 0 Å².